The SMILES string of the molecule is N#Cc1ccc(C(=O)OCC(=O)Nc2ccc3oc4ccccc4c3c2)cc1. The van der Waals surface area contributed by atoms with Crippen LogP contribution in [0.15, 0.2) is 71.1 Å². The van der Waals surface area contributed by atoms with E-state index in [4.69, 9.17) is 14.4 Å². The molecule has 1 aromatic heterocycles. The zero-order valence-electron chi connectivity index (χ0n) is 14.6. The molecule has 0 aliphatic carbocycles. The lowest BCUT2D eigenvalue weighted by molar-refractivity contribution is -0.119. The van der Waals surface area contributed by atoms with Crippen molar-refractivity contribution in [2.75, 3.05) is 11.9 Å². The Morgan fingerprint density at radius 1 is 0.964 bits per heavy atom. The topological polar surface area (TPSA) is 92.3 Å². The van der Waals surface area contributed by atoms with Gasteiger partial charge in [-0.25, -0.2) is 4.79 Å². The summed E-state index contributed by atoms with van der Waals surface area (Å²) in [7, 11) is 0. The van der Waals surface area contributed by atoms with Crippen molar-refractivity contribution in [2.45, 2.75) is 0 Å². The lowest BCUT2D eigenvalue weighted by atomic mass is 10.1. The van der Waals surface area contributed by atoms with Gasteiger partial charge in [0.2, 0.25) is 0 Å². The number of rotatable bonds is 4. The minimum Gasteiger partial charge on any atom is -0.456 e. The number of fused-ring (bicyclic) bond motifs is 3. The molecule has 1 heterocycles. The third kappa shape index (κ3) is 3.41. The second-order valence-corrected chi connectivity index (χ2v) is 6.12. The average molecular weight is 370 g/mol. The smallest absolute Gasteiger partial charge is 0.338 e. The molecule has 0 atom stereocenters. The van der Waals surface area contributed by atoms with Crippen LogP contribution in [0.1, 0.15) is 15.9 Å². The van der Waals surface area contributed by atoms with Crippen LogP contribution in [-0.2, 0) is 9.53 Å². The van der Waals surface area contributed by atoms with E-state index in [0.29, 0.717) is 11.3 Å². The third-order valence-corrected chi connectivity index (χ3v) is 4.24. The van der Waals surface area contributed by atoms with Crippen molar-refractivity contribution in [3.8, 4) is 6.07 Å². The van der Waals surface area contributed by atoms with Crippen molar-refractivity contribution in [2.24, 2.45) is 0 Å². The van der Waals surface area contributed by atoms with Gasteiger partial charge in [0, 0.05) is 16.5 Å². The lowest BCUT2D eigenvalue weighted by Crippen LogP contribution is -2.20. The van der Waals surface area contributed by atoms with E-state index in [1.807, 2.05) is 36.4 Å². The maximum atomic E-state index is 12.1. The zero-order valence-corrected chi connectivity index (χ0v) is 14.6. The Labute approximate surface area is 159 Å². The van der Waals surface area contributed by atoms with Crippen LogP contribution in [0.25, 0.3) is 21.9 Å². The summed E-state index contributed by atoms with van der Waals surface area (Å²) >= 11 is 0. The molecule has 0 aliphatic heterocycles. The van der Waals surface area contributed by atoms with Crippen molar-refractivity contribution in [1.82, 2.24) is 0 Å². The molecular formula is C22H14N2O4. The number of carbonyl (C=O) groups is 2. The summed E-state index contributed by atoms with van der Waals surface area (Å²) in [4.78, 5) is 24.1. The van der Waals surface area contributed by atoms with E-state index in [9.17, 15) is 9.59 Å². The minimum absolute atomic E-state index is 0.276. The van der Waals surface area contributed by atoms with E-state index in [1.165, 1.54) is 24.3 Å². The molecule has 0 radical (unpaired) electrons. The molecule has 0 fully saturated rings. The number of esters is 1. The van der Waals surface area contributed by atoms with E-state index in [1.54, 1.807) is 12.1 Å². The van der Waals surface area contributed by atoms with E-state index in [0.717, 1.165) is 21.9 Å². The normalized spacial score (nSPS) is 10.5. The van der Waals surface area contributed by atoms with E-state index >= 15 is 0 Å². The molecule has 1 amide bonds. The van der Waals surface area contributed by atoms with Crippen molar-refractivity contribution >= 4 is 39.5 Å². The summed E-state index contributed by atoms with van der Waals surface area (Å²) in [6.45, 7) is -0.414. The van der Waals surface area contributed by atoms with Crippen LogP contribution in [0, 0.1) is 11.3 Å². The Morgan fingerprint density at radius 3 is 2.50 bits per heavy atom. The standard InChI is InChI=1S/C22H14N2O4/c23-12-14-5-7-15(8-6-14)22(26)27-13-21(25)24-16-9-10-20-18(11-16)17-3-1-2-4-19(17)28-20/h1-11H,13H2,(H,24,25). The molecule has 0 unspecified atom stereocenters. The number of amides is 1. The first-order valence-electron chi connectivity index (χ1n) is 8.52. The van der Waals surface area contributed by atoms with Gasteiger partial charge in [-0.15, -0.1) is 0 Å². The highest BCUT2D eigenvalue weighted by Crippen LogP contribution is 2.30. The summed E-state index contributed by atoms with van der Waals surface area (Å²) < 4.78 is 10.8. The number of nitriles is 1. The molecule has 0 bridgehead atoms. The first kappa shape index (κ1) is 17.3. The van der Waals surface area contributed by atoms with Gasteiger partial charge in [-0.3, -0.25) is 4.79 Å². The first-order chi connectivity index (χ1) is 13.6. The third-order valence-electron chi connectivity index (χ3n) is 4.24. The highest BCUT2D eigenvalue weighted by Gasteiger charge is 2.12. The summed E-state index contributed by atoms with van der Waals surface area (Å²) in [5.74, 6) is -1.08. The second kappa shape index (κ2) is 7.25. The van der Waals surface area contributed by atoms with Crippen molar-refractivity contribution in [3.05, 3.63) is 77.9 Å². The fourth-order valence-electron chi connectivity index (χ4n) is 2.90. The largest absolute Gasteiger partial charge is 0.456 e. The van der Waals surface area contributed by atoms with E-state index < -0.39 is 18.5 Å². The number of nitrogens with zero attached hydrogens (tertiary/aromatic N) is 1. The van der Waals surface area contributed by atoms with Gasteiger partial charge >= 0.3 is 5.97 Å². The molecule has 0 aliphatic rings. The Balaban J connectivity index is 1.42. The molecule has 4 aromatic rings. The van der Waals surface area contributed by atoms with Crippen LogP contribution in [0.2, 0.25) is 0 Å². The fourth-order valence-corrected chi connectivity index (χ4v) is 2.90. The van der Waals surface area contributed by atoms with Crippen molar-refractivity contribution < 1.29 is 18.7 Å². The van der Waals surface area contributed by atoms with Gasteiger partial charge in [-0.1, -0.05) is 18.2 Å². The molecular weight excluding hydrogens is 356 g/mol. The number of para-hydroxylation sites is 1. The lowest BCUT2D eigenvalue weighted by Gasteiger charge is -2.07. The van der Waals surface area contributed by atoms with Crippen LogP contribution in [-0.4, -0.2) is 18.5 Å². The van der Waals surface area contributed by atoms with Gasteiger partial charge in [0.05, 0.1) is 17.2 Å². The molecule has 136 valence electrons. The predicted octanol–water partition coefficient (Wildman–Crippen LogP) is 4.25. The number of nitrogens with one attached hydrogen (secondary N) is 1. The molecule has 6 nitrogen and oxygen atoms in total. The molecule has 4 rings (SSSR count). The Kier molecular flexibility index (Phi) is 4.48. The van der Waals surface area contributed by atoms with E-state index in [-0.39, 0.29) is 5.56 Å². The van der Waals surface area contributed by atoms with Gasteiger partial charge in [-0.05, 0) is 48.5 Å². The van der Waals surface area contributed by atoms with Gasteiger partial charge < -0.3 is 14.5 Å². The van der Waals surface area contributed by atoms with Gasteiger partial charge in [-0.2, -0.15) is 5.26 Å². The van der Waals surface area contributed by atoms with E-state index in [2.05, 4.69) is 5.32 Å². The highest BCUT2D eigenvalue weighted by molar-refractivity contribution is 6.07. The van der Waals surface area contributed by atoms with Crippen molar-refractivity contribution in [1.29, 1.82) is 5.26 Å². The molecule has 0 saturated carbocycles. The monoisotopic (exact) mass is 370 g/mol. The summed E-state index contributed by atoms with van der Waals surface area (Å²) in [5.41, 5.74) is 2.80. The molecule has 28 heavy (non-hydrogen) atoms. The molecule has 3 aromatic carbocycles. The zero-order chi connectivity index (χ0) is 19.5. The van der Waals surface area contributed by atoms with Crippen LogP contribution < -0.4 is 5.32 Å². The maximum Gasteiger partial charge on any atom is 0.338 e. The van der Waals surface area contributed by atoms with Crippen LogP contribution in [0.5, 0.6) is 0 Å². The quantitative estimate of drug-likeness (QED) is 0.542. The number of carbonyl (C=O) groups excluding carboxylic acids is 2. The molecule has 6 heteroatoms. The van der Waals surface area contributed by atoms with Crippen LogP contribution in [0.3, 0.4) is 0 Å². The Morgan fingerprint density at radius 2 is 1.71 bits per heavy atom. The fraction of sp³-hybridized carbons (Fsp3) is 0.0455. The second-order valence-electron chi connectivity index (χ2n) is 6.12. The number of furan rings is 1. The molecule has 0 saturated heterocycles. The summed E-state index contributed by atoms with van der Waals surface area (Å²) in [6.07, 6.45) is 0. The number of hydrogen-bond donors (Lipinski definition) is 1. The van der Waals surface area contributed by atoms with Crippen LogP contribution in [0.4, 0.5) is 5.69 Å². The van der Waals surface area contributed by atoms with Crippen LogP contribution >= 0.6 is 0 Å². The van der Waals surface area contributed by atoms with Gasteiger partial charge in [0.25, 0.3) is 5.91 Å². The predicted molar refractivity (Wildman–Crippen MR) is 104 cm³/mol. The number of anilines is 1. The number of hydrogen-bond acceptors (Lipinski definition) is 5. The number of benzene rings is 3. The van der Waals surface area contributed by atoms with Gasteiger partial charge in [0.1, 0.15) is 11.2 Å². The minimum atomic E-state index is -0.629. The number of ether oxygens (including phenoxy) is 1. The first-order valence-corrected chi connectivity index (χ1v) is 8.52. The molecule has 1 N–H and O–H groups in total. The summed E-state index contributed by atoms with van der Waals surface area (Å²) in [6, 6.07) is 21.0. The van der Waals surface area contributed by atoms with Gasteiger partial charge in [0.15, 0.2) is 6.61 Å². The summed E-state index contributed by atoms with van der Waals surface area (Å²) in [5, 5.41) is 13.3. The Hall–Kier alpha value is -4.11. The Bertz CT molecular complexity index is 1230. The molecule has 0 spiro atoms. The van der Waals surface area contributed by atoms with Crippen molar-refractivity contribution in [3.63, 3.8) is 0 Å². The highest BCUT2D eigenvalue weighted by atomic mass is 16.5. The maximum absolute atomic E-state index is 12.1. The average Bonchev–Trinajstić information content (AvgIpc) is 3.10.